The van der Waals surface area contributed by atoms with Gasteiger partial charge in [0.05, 0.1) is 0 Å². The van der Waals surface area contributed by atoms with E-state index >= 15 is 0 Å². The second-order valence-electron chi connectivity index (χ2n) is 3.03. The van der Waals surface area contributed by atoms with E-state index in [4.69, 9.17) is 0 Å². The van der Waals surface area contributed by atoms with Crippen LogP contribution in [0.25, 0.3) is 0 Å². The maximum Gasteiger partial charge on any atom is -0.0165 e. The van der Waals surface area contributed by atoms with Crippen LogP contribution in [0.15, 0.2) is 36.5 Å². The van der Waals surface area contributed by atoms with Gasteiger partial charge in [-0.3, -0.25) is 0 Å². The van der Waals surface area contributed by atoms with Crippen molar-refractivity contribution in [2.75, 3.05) is 0 Å². The fourth-order valence-electron chi connectivity index (χ4n) is 1.18. The van der Waals surface area contributed by atoms with E-state index in [-0.39, 0.29) is 0 Å². The summed E-state index contributed by atoms with van der Waals surface area (Å²) in [6, 6.07) is 0. The molecule has 1 atom stereocenters. The molecule has 0 saturated carbocycles. The molecule has 0 rings (SSSR count). The Labute approximate surface area is 83.0 Å². The molecule has 0 aliphatic carbocycles. The lowest BCUT2D eigenvalue weighted by atomic mass is 9.98. The van der Waals surface area contributed by atoms with Gasteiger partial charge in [0.15, 0.2) is 0 Å². The molecule has 0 nitrogen and oxygen atoms in total. The molecule has 0 N–H and O–H groups in total. The van der Waals surface area contributed by atoms with Crippen molar-refractivity contribution >= 4 is 0 Å². The van der Waals surface area contributed by atoms with Crippen molar-refractivity contribution in [3.8, 4) is 0 Å². The van der Waals surface area contributed by atoms with Crippen LogP contribution in [0.1, 0.15) is 33.6 Å². The molecular weight excluding hydrogens is 156 g/mol. The highest BCUT2D eigenvalue weighted by Crippen LogP contribution is 2.13. The molecule has 0 aliphatic heterocycles. The molecule has 0 saturated heterocycles. The number of hydrogen-bond acceptors (Lipinski definition) is 0. The van der Waals surface area contributed by atoms with Crippen molar-refractivity contribution in [1.29, 1.82) is 0 Å². The summed E-state index contributed by atoms with van der Waals surface area (Å²) in [5.41, 5.74) is 0. The third kappa shape index (κ3) is 7.58. The number of hydrogen-bond donors (Lipinski definition) is 0. The highest BCUT2D eigenvalue weighted by Gasteiger charge is 2.00. The van der Waals surface area contributed by atoms with Gasteiger partial charge in [-0.25, -0.2) is 0 Å². The Kier molecular flexibility index (Phi) is 8.75. The predicted molar refractivity (Wildman–Crippen MR) is 61.5 cm³/mol. The Bertz CT molecular complexity index is 172. The highest BCUT2D eigenvalue weighted by atomic mass is 14.0. The maximum atomic E-state index is 2.35. The Morgan fingerprint density at radius 3 is 2.15 bits per heavy atom. The van der Waals surface area contributed by atoms with E-state index in [0.29, 0.717) is 5.92 Å². The first-order chi connectivity index (χ1) is 6.35. The van der Waals surface area contributed by atoms with Crippen molar-refractivity contribution < 1.29 is 0 Å². The van der Waals surface area contributed by atoms with Crippen LogP contribution in [0.3, 0.4) is 0 Å². The lowest BCUT2D eigenvalue weighted by Gasteiger charge is -2.07. The second-order valence-corrected chi connectivity index (χ2v) is 3.03. The molecule has 1 radical (unpaired) electrons. The van der Waals surface area contributed by atoms with Crippen LogP contribution in [0.4, 0.5) is 0 Å². The minimum absolute atomic E-state index is 0.595. The van der Waals surface area contributed by atoms with E-state index in [1.807, 2.05) is 0 Å². The molecule has 73 valence electrons. The highest BCUT2D eigenvalue weighted by molar-refractivity contribution is 5.00. The zero-order valence-corrected chi connectivity index (χ0v) is 9.03. The predicted octanol–water partition coefficient (Wildman–Crippen LogP) is 4.32. The van der Waals surface area contributed by atoms with Crippen molar-refractivity contribution in [1.82, 2.24) is 0 Å². The van der Waals surface area contributed by atoms with Gasteiger partial charge in [-0.15, -0.1) is 0 Å². The summed E-state index contributed by atoms with van der Waals surface area (Å²) < 4.78 is 0. The van der Waals surface area contributed by atoms with E-state index < -0.39 is 0 Å². The first-order valence-corrected chi connectivity index (χ1v) is 5.03. The zero-order chi connectivity index (χ0) is 9.94. The van der Waals surface area contributed by atoms with E-state index in [0.717, 1.165) is 12.8 Å². The van der Waals surface area contributed by atoms with Gasteiger partial charge >= 0.3 is 0 Å². The third-order valence-corrected chi connectivity index (χ3v) is 1.89. The Morgan fingerprint density at radius 1 is 0.923 bits per heavy atom. The lowest BCUT2D eigenvalue weighted by Crippen LogP contribution is -1.94. The fraction of sp³-hybridized carbons (Fsp3) is 0.462. The average Bonchev–Trinajstić information content (AvgIpc) is 2.14. The smallest absolute Gasteiger partial charge is 0.0165 e. The van der Waals surface area contributed by atoms with Gasteiger partial charge < -0.3 is 0 Å². The minimum Gasteiger partial charge on any atom is -0.0917 e. The van der Waals surface area contributed by atoms with Gasteiger partial charge in [0.2, 0.25) is 0 Å². The van der Waals surface area contributed by atoms with Crippen molar-refractivity contribution in [3.63, 3.8) is 0 Å². The third-order valence-electron chi connectivity index (χ3n) is 1.89. The molecule has 0 aliphatic rings. The monoisotopic (exact) mass is 177 g/mol. The molecule has 0 heterocycles. The van der Waals surface area contributed by atoms with E-state index in [9.17, 15) is 0 Å². The van der Waals surface area contributed by atoms with E-state index in [2.05, 4.69) is 63.6 Å². The number of rotatable bonds is 6. The number of allylic oxidation sites excluding steroid dienone is 6. The van der Waals surface area contributed by atoms with Gasteiger partial charge in [0, 0.05) is 0 Å². The molecule has 0 fully saturated rings. The molecule has 13 heavy (non-hydrogen) atoms. The minimum atomic E-state index is 0.595. The average molecular weight is 177 g/mol. The van der Waals surface area contributed by atoms with Crippen LogP contribution in [-0.2, 0) is 0 Å². The van der Waals surface area contributed by atoms with Crippen LogP contribution in [0, 0.1) is 12.3 Å². The zero-order valence-electron chi connectivity index (χ0n) is 9.03. The fourth-order valence-corrected chi connectivity index (χ4v) is 1.18. The topological polar surface area (TPSA) is 0 Å². The van der Waals surface area contributed by atoms with Gasteiger partial charge in [0.25, 0.3) is 0 Å². The maximum absolute atomic E-state index is 2.35. The molecule has 0 heteroatoms. The molecule has 0 aromatic heterocycles. The Hall–Kier alpha value is -0.780. The molecule has 0 spiro atoms. The van der Waals surface area contributed by atoms with Crippen molar-refractivity contribution in [2.45, 2.75) is 33.6 Å². The first kappa shape index (κ1) is 12.2. The molecule has 0 amide bonds. The quantitative estimate of drug-likeness (QED) is 0.530. The van der Waals surface area contributed by atoms with Crippen LogP contribution < -0.4 is 0 Å². The normalized spacial score (nSPS) is 15.0. The summed E-state index contributed by atoms with van der Waals surface area (Å²) >= 11 is 0. The second kappa shape index (κ2) is 9.31. The summed E-state index contributed by atoms with van der Waals surface area (Å²) in [6.07, 6.45) is 17.5. The van der Waals surface area contributed by atoms with E-state index in [1.54, 1.807) is 0 Å². The molecule has 0 aromatic carbocycles. The molecule has 0 aromatic rings. The standard InChI is InChI=1S/C13H21/c1-4-7-9-12-13(10-6-3)11-8-5-2/h4-8,10,12-13H,9,11H2,1-3H3. The Balaban J connectivity index is 3.79. The summed E-state index contributed by atoms with van der Waals surface area (Å²) in [6.45, 7) is 6.20. The van der Waals surface area contributed by atoms with Gasteiger partial charge in [-0.2, -0.15) is 0 Å². The first-order valence-electron chi connectivity index (χ1n) is 5.03. The Morgan fingerprint density at radius 2 is 1.62 bits per heavy atom. The van der Waals surface area contributed by atoms with Crippen LogP contribution in [-0.4, -0.2) is 0 Å². The summed E-state index contributed by atoms with van der Waals surface area (Å²) in [7, 11) is 0. The molecular formula is C13H21. The van der Waals surface area contributed by atoms with E-state index in [1.165, 1.54) is 0 Å². The van der Waals surface area contributed by atoms with Crippen LogP contribution in [0.5, 0.6) is 0 Å². The van der Waals surface area contributed by atoms with Gasteiger partial charge in [-0.1, -0.05) is 36.5 Å². The van der Waals surface area contributed by atoms with Crippen molar-refractivity contribution in [3.05, 3.63) is 42.9 Å². The van der Waals surface area contributed by atoms with Gasteiger partial charge in [0.1, 0.15) is 0 Å². The summed E-state index contributed by atoms with van der Waals surface area (Å²) in [4.78, 5) is 0. The van der Waals surface area contributed by atoms with Crippen LogP contribution >= 0.6 is 0 Å². The summed E-state index contributed by atoms with van der Waals surface area (Å²) in [5.74, 6) is 0.595. The molecule has 0 bridgehead atoms. The van der Waals surface area contributed by atoms with Crippen molar-refractivity contribution in [2.24, 2.45) is 5.92 Å². The SMILES string of the molecule is CC=CC[CH]C(C=CC)CC=CC. The largest absolute Gasteiger partial charge is 0.0917 e. The van der Waals surface area contributed by atoms with Gasteiger partial charge in [-0.05, 0) is 46.0 Å². The molecule has 1 unspecified atom stereocenters. The van der Waals surface area contributed by atoms with Crippen LogP contribution in [0.2, 0.25) is 0 Å². The summed E-state index contributed by atoms with van der Waals surface area (Å²) in [5, 5.41) is 0. The lowest BCUT2D eigenvalue weighted by molar-refractivity contribution is 0.744.